The second-order valence-electron chi connectivity index (χ2n) is 5.09. The first-order valence-electron chi connectivity index (χ1n) is 7.21. The Bertz CT molecular complexity index is 782. The third kappa shape index (κ3) is 3.50. The first kappa shape index (κ1) is 16.2. The Morgan fingerprint density at radius 2 is 1.78 bits per heavy atom. The normalized spacial score (nSPS) is 16.4. The average Bonchev–Trinajstić information content (AvgIpc) is 2.83. The number of anilines is 1. The van der Waals surface area contributed by atoms with Crippen LogP contribution < -0.4 is 4.90 Å². The van der Waals surface area contributed by atoms with Gasteiger partial charge in [0.2, 0.25) is 0 Å². The largest absolute Gasteiger partial charge is 0.270 e. The Labute approximate surface area is 150 Å². The predicted octanol–water partition coefficient (Wildman–Crippen LogP) is 5.31. The lowest BCUT2D eigenvalue weighted by Gasteiger charge is -2.14. The second-order valence-corrected chi connectivity index (χ2v) is 7.20. The van der Waals surface area contributed by atoms with Gasteiger partial charge in [-0.05, 0) is 47.9 Å². The van der Waals surface area contributed by atoms with Gasteiger partial charge in [-0.1, -0.05) is 66.8 Å². The van der Waals surface area contributed by atoms with E-state index in [1.807, 2.05) is 18.2 Å². The predicted molar refractivity (Wildman–Crippen MR) is 103 cm³/mol. The van der Waals surface area contributed by atoms with Gasteiger partial charge >= 0.3 is 0 Å². The minimum Gasteiger partial charge on any atom is -0.268 e. The summed E-state index contributed by atoms with van der Waals surface area (Å²) in [5.41, 5.74) is 3.01. The van der Waals surface area contributed by atoms with Crippen LogP contribution in [0.15, 0.2) is 53.4 Å². The van der Waals surface area contributed by atoms with Crippen molar-refractivity contribution >= 4 is 57.6 Å². The number of hydrogen-bond donors (Lipinski definition) is 0. The molecule has 0 saturated carbocycles. The van der Waals surface area contributed by atoms with Crippen molar-refractivity contribution in [3.63, 3.8) is 0 Å². The number of thioether (sulfide) groups is 1. The van der Waals surface area contributed by atoms with Crippen LogP contribution in [0.2, 0.25) is 5.02 Å². The molecule has 23 heavy (non-hydrogen) atoms. The molecular formula is C18H14ClNOS2. The lowest BCUT2D eigenvalue weighted by molar-refractivity contribution is -0.113. The Morgan fingerprint density at radius 1 is 1.13 bits per heavy atom. The molecule has 0 spiro atoms. The van der Waals surface area contributed by atoms with Crippen molar-refractivity contribution in [2.24, 2.45) is 0 Å². The maximum atomic E-state index is 12.6. The van der Waals surface area contributed by atoms with Gasteiger partial charge in [0.25, 0.3) is 5.91 Å². The van der Waals surface area contributed by atoms with Crippen LogP contribution in [0.5, 0.6) is 0 Å². The highest BCUT2D eigenvalue weighted by molar-refractivity contribution is 8.27. The smallest absolute Gasteiger partial charge is 0.268 e. The van der Waals surface area contributed by atoms with Crippen LogP contribution in [0.4, 0.5) is 5.69 Å². The van der Waals surface area contributed by atoms with E-state index in [4.69, 9.17) is 23.8 Å². The van der Waals surface area contributed by atoms with Crippen molar-refractivity contribution in [2.75, 3.05) is 4.90 Å². The van der Waals surface area contributed by atoms with Crippen molar-refractivity contribution in [3.05, 3.63) is 69.6 Å². The number of aryl methyl sites for hydroxylation is 1. The summed E-state index contributed by atoms with van der Waals surface area (Å²) in [6, 6.07) is 15.3. The fourth-order valence-electron chi connectivity index (χ4n) is 2.28. The molecule has 0 radical (unpaired) electrons. The number of amides is 1. The first-order chi connectivity index (χ1) is 11.1. The van der Waals surface area contributed by atoms with E-state index in [1.54, 1.807) is 29.2 Å². The van der Waals surface area contributed by atoms with Gasteiger partial charge in [-0.25, -0.2) is 0 Å². The Hall–Kier alpha value is -1.62. The van der Waals surface area contributed by atoms with Gasteiger partial charge < -0.3 is 0 Å². The van der Waals surface area contributed by atoms with Crippen LogP contribution in [0.1, 0.15) is 18.1 Å². The molecule has 1 amide bonds. The number of benzene rings is 2. The molecular weight excluding hydrogens is 346 g/mol. The molecule has 116 valence electrons. The fourth-order valence-corrected chi connectivity index (χ4v) is 3.71. The Balaban J connectivity index is 1.88. The van der Waals surface area contributed by atoms with Crippen LogP contribution in [0.3, 0.4) is 0 Å². The molecule has 1 saturated heterocycles. The number of rotatable bonds is 3. The van der Waals surface area contributed by atoms with E-state index in [0.717, 1.165) is 17.7 Å². The molecule has 2 aromatic rings. The Kier molecular flexibility index (Phi) is 4.85. The molecule has 0 aromatic heterocycles. The van der Waals surface area contributed by atoms with Crippen molar-refractivity contribution in [1.82, 2.24) is 0 Å². The molecule has 3 rings (SSSR count). The summed E-state index contributed by atoms with van der Waals surface area (Å²) >= 11 is 12.6. The van der Waals surface area contributed by atoms with Crippen LogP contribution in [-0.4, -0.2) is 10.2 Å². The molecule has 0 unspecified atom stereocenters. The third-order valence-electron chi connectivity index (χ3n) is 3.56. The topological polar surface area (TPSA) is 20.3 Å². The molecule has 1 aliphatic rings. The van der Waals surface area contributed by atoms with Crippen LogP contribution in [-0.2, 0) is 11.2 Å². The van der Waals surface area contributed by atoms with E-state index in [9.17, 15) is 4.79 Å². The van der Waals surface area contributed by atoms with E-state index in [-0.39, 0.29) is 5.91 Å². The molecule has 1 heterocycles. The van der Waals surface area contributed by atoms with E-state index in [0.29, 0.717) is 14.2 Å². The number of thiocarbonyl (C=S) groups is 1. The average molecular weight is 360 g/mol. The Morgan fingerprint density at radius 3 is 2.39 bits per heavy atom. The van der Waals surface area contributed by atoms with Gasteiger partial charge in [-0.2, -0.15) is 0 Å². The molecule has 2 nitrogen and oxygen atoms in total. The summed E-state index contributed by atoms with van der Waals surface area (Å²) in [5.74, 6) is -0.0955. The number of nitrogens with zero attached hydrogens (tertiary/aromatic N) is 1. The van der Waals surface area contributed by atoms with Crippen LogP contribution in [0.25, 0.3) is 6.08 Å². The fraction of sp³-hybridized carbons (Fsp3) is 0.111. The molecule has 1 fully saturated rings. The van der Waals surface area contributed by atoms with Crippen molar-refractivity contribution in [3.8, 4) is 0 Å². The lowest BCUT2D eigenvalue weighted by Crippen LogP contribution is -2.27. The zero-order valence-electron chi connectivity index (χ0n) is 12.5. The summed E-state index contributed by atoms with van der Waals surface area (Å²) in [4.78, 5) is 14.8. The molecule has 5 heteroatoms. The maximum absolute atomic E-state index is 12.6. The summed E-state index contributed by atoms with van der Waals surface area (Å²) in [6.45, 7) is 2.12. The van der Waals surface area contributed by atoms with Gasteiger partial charge in [-0.15, -0.1) is 0 Å². The minimum atomic E-state index is -0.0955. The summed E-state index contributed by atoms with van der Waals surface area (Å²) in [6.07, 6.45) is 2.88. The third-order valence-corrected chi connectivity index (χ3v) is 5.12. The van der Waals surface area contributed by atoms with Gasteiger partial charge in [0, 0.05) is 5.02 Å². The number of hydrogen-bond acceptors (Lipinski definition) is 3. The highest BCUT2D eigenvalue weighted by Gasteiger charge is 2.33. The molecule has 0 aliphatic carbocycles. The minimum absolute atomic E-state index is 0.0955. The molecule has 0 atom stereocenters. The maximum Gasteiger partial charge on any atom is 0.270 e. The standard InChI is InChI=1S/C18H14ClNOS2/c1-2-12-3-5-13(6-4-12)11-16-17(21)20(18(22)23-16)15-9-7-14(19)8-10-15/h3-11H,2H2,1H3. The second kappa shape index (κ2) is 6.87. The molecule has 1 aliphatic heterocycles. The molecule has 0 N–H and O–H groups in total. The van der Waals surface area contributed by atoms with Crippen LogP contribution in [0, 0.1) is 0 Å². The first-order valence-corrected chi connectivity index (χ1v) is 8.81. The van der Waals surface area contributed by atoms with E-state index in [2.05, 4.69) is 19.1 Å². The number of carbonyl (C=O) groups is 1. The van der Waals surface area contributed by atoms with E-state index >= 15 is 0 Å². The van der Waals surface area contributed by atoms with Gasteiger partial charge in [0.1, 0.15) is 0 Å². The number of halogens is 1. The summed E-state index contributed by atoms with van der Waals surface area (Å²) < 4.78 is 0.536. The molecule has 0 bridgehead atoms. The van der Waals surface area contributed by atoms with Gasteiger partial charge in [0.05, 0.1) is 10.6 Å². The summed E-state index contributed by atoms with van der Waals surface area (Å²) in [5, 5.41) is 0.630. The highest BCUT2D eigenvalue weighted by atomic mass is 35.5. The molecule has 2 aromatic carbocycles. The summed E-state index contributed by atoms with van der Waals surface area (Å²) in [7, 11) is 0. The van der Waals surface area contributed by atoms with Crippen LogP contribution >= 0.6 is 35.6 Å². The van der Waals surface area contributed by atoms with E-state index < -0.39 is 0 Å². The zero-order chi connectivity index (χ0) is 16.4. The van der Waals surface area contributed by atoms with Crippen molar-refractivity contribution in [1.29, 1.82) is 0 Å². The van der Waals surface area contributed by atoms with E-state index in [1.165, 1.54) is 17.3 Å². The van der Waals surface area contributed by atoms with Gasteiger partial charge in [0.15, 0.2) is 4.32 Å². The lowest BCUT2D eigenvalue weighted by atomic mass is 10.1. The monoisotopic (exact) mass is 359 g/mol. The SMILES string of the molecule is CCc1ccc(C=C2SC(=S)N(c3ccc(Cl)cc3)C2=O)cc1. The highest BCUT2D eigenvalue weighted by Crippen LogP contribution is 2.36. The van der Waals surface area contributed by atoms with Gasteiger partial charge in [-0.3, -0.25) is 9.69 Å². The quantitative estimate of drug-likeness (QED) is 0.547. The van der Waals surface area contributed by atoms with Crippen molar-refractivity contribution < 1.29 is 4.79 Å². The van der Waals surface area contributed by atoms with Crippen molar-refractivity contribution in [2.45, 2.75) is 13.3 Å². The number of carbonyl (C=O) groups excluding carboxylic acids is 1. The zero-order valence-corrected chi connectivity index (χ0v) is 14.8.